The highest BCUT2D eigenvalue weighted by atomic mass is 32.2. The Morgan fingerprint density at radius 2 is 2.35 bits per heavy atom. The first-order chi connectivity index (χ1) is 12.4. The molecule has 1 amide bonds. The van der Waals surface area contributed by atoms with Gasteiger partial charge in [-0.2, -0.15) is 0 Å². The lowest BCUT2D eigenvalue weighted by atomic mass is 9.96. The molecule has 2 rings (SSSR count). The van der Waals surface area contributed by atoms with Gasteiger partial charge in [-0.3, -0.25) is 9.63 Å². The fraction of sp³-hybridized carbons (Fsp3) is 0.471. The van der Waals surface area contributed by atoms with E-state index in [4.69, 9.17) is 10.6 Å². The first-order valence-corrected chi connectivity index (χ1v) is 9.90. The molecule has 1 fully saturated rings. The van der Waals surface area contributed by atoms with Gasteiger partial charge in [0.1, 0.15) is 0 Å². The largest absolute Gasteiger partial charge is 0.366 e. The van der Waals surface area contributed by atoms with E-state index in [1.54, 1.807) is 0 Å². The Hall–Kier alpha value is -1.78. The average molecular weight is 382 g/mol. The van der Waals surface area contributed by atoms with Crippen molar-refractivity contribution in [3.63, 3.8) is 0 Å². The predicted molar refractivity (Wildman–Crippen MR) is 98.3 cm³/mol. The zero-order valence-corrected chi connectivity index (χ0v) is 15.7. The maximum Gasteiger partial charge on any atom is 0.257 e. The number of hydrogen-bond donors (Lipinski definition) is 3. The molecule has 8 nitrogen and oxygen atoms in total. The molecule has 1 saturated heterocycles. The number of hydrazine groups is 1. The number of amides is 1. The normalized spacial score (nSPS) is 18.8. The Bertz CT molecular complexity index is 732. The minimum absolute atomic E-state index is 0.0486. The Kier molecular flexibility index (Phi) is 7.30. The van der Waals surface area contributed by atoms with Gasteiger partial charge in [0.05, 0.1) is 11.5 Å². The third-order valence-electron chi connectivity index (χ3n) is 4.40. The number of nitrogens with zero attached hydrogens (tertiary/aromatic N) is 1. The summed E-state index contributed by atoms with van der Waals surface area (Å²) in [5.74, 6) is -0.484. The van der Waals surface area contributed by atoms with Crippen LogP contribution in [0.2, 0.25) is 0 Å². The Labute approximate surface area is 154 Å². The van der Waals surface area contributed by atoms with E-state index in [2.05, 4.69) is 17.5 Å². The van der Waals surface area contributed by atoms with Gasteiger partial charge in [0, 0.05) is 24.6 Å². The molecule has 1 aromatic rings. The average Bonchev–Trinajstić information content (AvgIpc) is 3.15. The summed E-state index contributed by atoms with van der Waals surface area (Å²) in [5.41, 5.74) is 7.78. The summed E-state index contributed by atoms with van der Waals surface area (Å²) >= 11 is 0. The molecule has 9 heteroatoms. The number of hydrogen-bond acceptors (Lipinski definition) is 6. The standard InChI is InChI=1S/C17H26N4O4S/c1-3-6-14(16-9-5-10-19-16)12-25-20-21(2)26(23,24)15-8-4-7-13(11-15)17(18)22/h3-4,7-8,11,14,16,19-20H,1,5-6,9-10,12H2,2H3,(H2,18,22). The van der Waals surface area contributed by atoms with E-state index in [0.29, 0.717) is 12.6 Å². The molecule has 1 aromatic carbocycles. The molecule has 2 unspecified atom stereocenters. The first kappa shape index (κ1) is 20.5. The van der Waals surface area contributed by atoms with E-state index >= 15 is 0 Å². The van der Waals surface area contributed by atoms with Crippen LogP contribution in [0.1, 0.15) is 29.6 Å². The third-order valence-corrected chi connectivity index (χ3v) is 6.05. The fourth-order valence-corrected chi connectivity index (χ4v) is 3.92. The lowest BCUT2D eigenvalue weighted by Crippen LogP contribution is -2.42. The SMILES string of the molecule is C=CCC(CONN(C)S(=O)(=O)c1cccc(C(N)=O)c1)C1CCCN1. The van der Waals surface area contributed by atoms with Gasteiger partial charge in [-0.25, -0.2) is 8.42 Å². The predicted octanol–water partition coefficient (Wildman–Crippen LogP) is 0.787. The van der Waals surface area contributed by atoms with Crippen LogP contribution < -0.4 is 16.6 Å². The van der Waals surface area contributed by atoms with Gasteiger partial charge in [0.2, 0.25) is 5.91 Å². The maximum absolute atomic E-state index is 12.6. The minimum Gasteiger partial charge on any atom is -0.366 e. The summed E-state index contributed by atoms with van der Waals surface area (Å²) in [6, 6.07) is 5.89. The van der Waals surface area contributed by atoms with Gasteiger partial charge in [0.25, 0.3) is 10.0 Å². The van der Waals surface area contributed by atoms with Crippen LogP contribution in [0.3, 0.4) is 0 Å². The molecule has 26 heavy (non-hydrogen) atoms. The molecular weight excluding hydrogens is 356 g/mol. The second-order valence-corrected chi connectivity index (χ2v) is 8.22. The summed E-state index contributed by atoms with van der Waals surface area (Å²) in [7, 11) is -2.53. The molecule has 2 atom stereocenters. The second kappa shape index (κ2) is 9.24. The number of nitrogens with one attached hydrogen (secondary N) is 2. The number of benzene rings is 1. The van der Waals surface area contributed by atoms with Crippen molar-refractivity contribution in [2.75, 3.05) is 20.2 Å². The molecule has 4 N–H and O–H groups in total. The zero-order chi connectivity index (χ0) is 19.2. The van der Waals surface area contributed by atoms with Crippen molar-refractivity contribution >= 4 is 15.9 Å². The summed E-state index contributed by atoms with van der Waals surface area (Å²) in [5, 5.41) is 3.42. The van der Waals surface area contributed by atoms with Gasteiger partial charge in [-0.05, 0) is 44.0 Å². The lowest BCUT2D eigenvalue weighted by Gasteiger charge is -2.24. The maximum atomic E-state index is 12.6. The fourth-order valence-electron chi connectivity index (χ4n) is 2.93. The zero-order valence-electron chi connectivity index (χ0n) is 14.8. The molecule has 1 aliphatic rings. The quantitative estimate of drug-likeness (QED) is 0.407. The van der Waals surface area contributed by atoms with E-state index in [1.807, 2.05) is 6.08 Å². The van der Waals surface area contributed by atoms with E-state index in [0.717, 1.165) is 30.2 Å². The van der Waals surface area contributed by atoms with Crippen LogP contribution >= 0.6 is 0 Å². The highest BCUT2D eigenvalue weighted by molar-refractivity contribution is 7.89. The molecule has 0 bridgehead atoms. The van der Waals surface area contributed by atoms with Crippen molar-refractivity contribution in [3.8, 4) is 0 Å². The molecule has 144 valence electrons. The van der Waals surface area contributed by atoms with Crippen molar-refractivity contribution in [2.45, 2.75) is 30.2 Å². The molecule has 0 saturated carbocycles. The van der Waals surface area contributed by atoms with Crippen LogP contribution in [0.4, 0.5) is 0 Å². The molecule has 1 heterocycles. The van der Waals surface area contributed by atoms with Crippen molar-refractivity contribution in [3.05, 3.63) is 42.5 Å². The van der Waals surface area contributed by atoms with Gasteiger partial charge in [0.15, 0.2) is 0 Å². The van der Waals surface area contributed by atoms with E-state index < -0.39 is 15.9 Å². The summed E-state index contributed by atoms with van der Waals surface area (Å²) in [6.07, 6.45) is 4.80. The molecule has 0 aliphatic carbocycles. The van der Waals surface area contributed by atoms with Gasteiger partial charge in [-0.15, -0.1) is 16.6 Å². The van der Waals surface area contributed by atoms with Crippen molar-refractivity contribution < 1.29 is 18.0 Å². The Morgan fingerprint density at radius 1 is 1.58 bits per heavy atom. The summed E-state index contributed by atoms with van der Waals surface area (Å²) in [6.45, 7) is 5.09. The number of allylic oxidation sites excluding steroid dienone is 1. The second-order valence-electron chi connectivity index (χ2n) is 6.25. The number of carbonyl (C=O) groups excluding carboxylic acids is 1. The van der Waals surface area contributed by atoms with Gasteiger partial charge in [-0.1, -0.05) is 12.1 Å². The van der Waals surface area contributed by atoms with E-state index in [9.17, 15) is 13.2 Å². The summed E-state index contributed by atoms with van der Waals surface area (Å²) in [4.78, 5) is 16.6. The van der Waals surface area contributed by atoms with Crippen LogP contribution in [-0.4, -0.2) is 45.0 Å². The molecular formula is C17H26N4O4S. The van der Waals surface area contributed by atoms with Crippen molar-refractivity contribution in [2.24, 2.45) is 11.7 Å². The van der Waals surface area contributed by atoms with Crippen LogP contribution in [0.25, 0.3) is 0 Å². The topological polar surface area (TPSA) is 114 Å². The third kappa shape index (κ3) is 5.12. The minimum atomic E-state index is -3.87. The van der Waals surface area contributed by atoms with E-state index in [1.165, 1.54) is 31.3 Å². The highest BCUT2D eigenvalue weighted by Gasteiger charge is 2.25. The van der Waals surface area contributed by atoms with Crippen molar-refractivity contribution in [1.82, 2.24) is 15.3 Å². The molecule has 1 aliphatic heterocycles. The van der Waals surface area contributed by atoms with Crippen LogP contribution in [0.5, 0.6) is 0 Å². The van der Waals surface area contributed by atoms with Crippen molar-refractivity contribution in [1.29, 1.82) is 0 Å². The van der Waals surface area contributed by atoms with Crippen LogP contribution in [0, 0.1) is 5.92 Å². The number of carbonyl (C=O) groups is 1. The highest BCUT2D eigenvalue weighted by Crippen LogP contribution is 2.19. The Balaban J connectivity index is 1.97. The Morgan fingerprint density at radius 3 is 2.96 bits per heavy atom. The first-order valence-electron chi connectivity index (χ1n) is 8.46. The van der Waals surface area contributed by atoms with Gasteiger partial charge < -0.3 is 11.1 Å². The molecule has 0 aromatic heterocycles. The van der Waals surface area contributed by atoms with E-state index in [-0.39, 0.29) is 16.4 Å². The summed E-state index contributed by atoms with van der Waals surface area (Å²) < 4.78 is 26.0. The number of rotatable bonds is 10. The number of nitrogens with two attached hydrogens (primary N) is 1. The number of sulfonamides is 1. The lowest BCUT2D eigenvalue weighted by molar-refractivity contribution is -0.0520. The molecule has 0 spiro atoms. The smallest absolute Gasteiger partial charge is 0.257 e. The van der Waals surface area contributed by atoms with Crippen LogP contribution in [0.15, 0.2) is 41.8 Å². The monoisotopic (exact) mass is 382 g/mol. The van der Waals surface area contributed by atoms with Crippen LogP contribution in [-0.2, 0) is 14.9 Å². The van der Waals surface area contributed by atoms with Gasteiger partial charge >= 0.3 is 0 Å². The molecule has 0 radical (unpaired) electrons. The number of primary amides is 1.